The van der Waals surface area contributed by atoms with Crippen LogP contribution >= 0.6 is 11.6 Å². The Kier molecular flexibility index (Phi) is 5.52. The normalized spacial score (nSPS) is 20.7. The van der Waals surface area contributed by atoms with E-state index in [0.29, 0.717) is 28.2 Å². The fourth-order valence-corrected chi connectivity index (χ4v) is 3.45. The summed E-state index contributed by atoms with van der Waals surface area (Å²) in [7, 11) is 0. The van der Waals surface area contributed by atoms with Gasteiger partial charge in [0.25, 0.3) is 0 Å². The van der Waals surface area contributed by atoms with E-state index in [2.05, 4.69) is 27.1 Å². The molecule has 136 valence electrons. The highest BCUT2D eigenvalue weighted by Gasteiger charge is 2.18. The standard InChI is InChI=1S/C20H23ClN4O/c21-18-11-17(7-6-15-4-5-15)12-22-20(18)19-14-25(24-23-19)13-16-3-1-2-9-26-10-8-16/h11-12,14-16H,1-5,8-10,13H2/t16-/m0/s1. The van der Waals surface area contributed by atoms with Crippen LogP contribution < -0.4 is 0 Å². The Morgan fingerprint density at radius 1 is 1.19 bits per heavy atom. The molecule has 1 saturated carbocycles. The van der Waals surface area contributed by atoms with Crippen molar-refractivity contribution in [1.29, 1.82) is 0 Å². The molecule has 4 rings (SSSR count). The van der Waals surface area contributed by atoms with E-state index >= 15 is 0 Å². The fourth-order valence-electron chi connectivity index (χ4n) is 3.18. The van der Waals surface area contributed by atoms with Crippen molar-refractivity contribution >= 4 is 11.6 Å². The van der Waals surface area contributed by atoms with Gasteiger partial charge < -0.3 is 4.74 Å². The van der Waals surface area contributed by atoms with Crippen molar-refractivity contribution in [2.75, 3.05) is 13.2 Å². The third-order valence-electron chi connectivity index (χ3n) is 4.89. The molecule has 5 nitrogen and oxygen atoms in total. The van der Waals surface area contributed by atoms with Crippen molar-refractivity contribution < 1.29 is 4.74 Å². The summed E-state index contributed by atoms with van der Waals surface area (Å²) in [6.45, 7) is 2.59. The van der Waals surface area contributed by atoms with Crippen LogP contribution in [-0.4, -0.2) is 33.2 Å². The van der Waals surface area contributed by atoms with Crippen LogP contribution in [0.1, 0.15) is 44.1 Å². The SMILES string of the molecule is Clc1cc(C#CC2CC2)cnc1-c1cn(C[C@H]2CCCCOCC2)nn1. The summed E-state index contributed by atoms with van der Waals surface area (Å²) in [4.78, 5) is 4.46. The van der Waals surface area contributed by atoms with Gasteiger partial charge in [0.05, 0.1) is 11.2 Å². The summed E-state index contributed by atoms with van der Waals surface area (Å²) in [6.07, 6.45) is 10.8. The Balaban J connectivity index is 1.44. The van der Waals surface area contributed by atoms with Crippen LogP contribution in [0.2, 0.25) is 5.02 Å². The zero-order valence-electron chi connectivity index (χ0n) is 14.8. The molecule has 1 aliphatic carbocycles. The Hall–Kier alpha value is -1.90. The number of rotatable bonds is 3. The van der Waals surface area contributed by atoms with Gasteiger partial charge in [0, 0.05) is 37.4 Å². The highest BCUT2D eigenvalue weighted by Crippen LogP contribution is 2.28. The molecular weight excluding hydrogens is 348 g/mol. The minimum atomic E-state index is 0.562. The summed E-state index contributed by atoms with van der Waals surface area (Å²) < 4.78 is 7.50. The number of hydrogen-bond acceptors (Lipinski definition) is 4. The van der Waals surface area contributed by atoms with Crippen LogP contribution in [0.15, 0.2) is 18.5 Å². The van der Waals surface area contributed by atoms with Crippen LogP contribution in [0.3, 0.4) is 0 Å². The quantitative estimate of drug-likeness (QED) is 0.767. The molecule has 1 atom stereocenters. The van der Waals surface area contributed by atoms with Gasteiger partial charge in [-0.05, 0) is 44.1 Å². The summed E-state index contributed by atoms with van der Waals surface area (Å²) in [5.41, 5.74) is 2.22. The number of halogens is 1. The predicted molar refractivity (Wildman–Crippen MR) is 101 cm³/mol. The first-order chi connectivity index (χ1) is 12.8. The minimum absolute atomic E-state index is 0.562. The smallest absolute Gasteiger partial charge is 0.132 e. The number of pyridine rings is 1. The number of nitrogens with zero attached hydrogens (tertiary/aromatic N) is 4. The van der Waals surface area contributed by atoms with E-state index < -0.39 is 0 Å². The van der Waals surface area contributed by atoms with E-state index in [9.17, 15) is 0 Å². The lowest BCUT2D eigenvalue weighted by atomic mass is 9.98. The zero-order chi connectivity index (χ0) is 17.8. The highest BCUT2D eigenvalue weighted by molar-refractivity contribution is 6.33. The first-order valence-corrected chi connectivity index (χ1v) is 9.81. The maximum absolute atomic E-state index is 6.41. The Bertz CT molecular complexity index is 811. The van der Waals surface area contributed by atoms with E-state index in [0.717, 1.165) is 38.2 Å². The molecule has 2 fully saturated rings. The van der Waals surface area contributed by atoms with Crippen LogP contribution in [0, 0.1) is 23.7 Å². The third kappa shape index (κ3) is 4.63. The minimum Gasteiger partial charge on any atom is -0.381 e. The van der Waals surface area contributed by atoms with E-state index in [1.807, 2.05) is 16.9 Å². The second kappa shape index (κ2) is 8.20. The largest absolute Gasteiger partial charge is 0.381 e. The molecule has 1 saturated heterocycles. The first kappa shape index (κ1) is 17.5. The molecule has 0 unspecified atom stereocenters. The van der Waals surface area contributed by atoms with Crippen LogP contribution in [0.25, 0.3) is 11.4 Å². The summed E-state index contributed by atoms with van der Waals surface area (Å²) in [5, 5.41) is 9.11. The molecule has 0 N–H and O–H groups in total. The predicted octanol–water partition coefficient (Wildman–Crippen LogP) is 3.96. The number of aromatic nitrogens is 4. The molecule has 0 aromatic carbocycles. The topological polar surface area (TPSA) is 52.8 Å². The molecule has 2 aromatic rings. The Morgan fingerprint density at radius 2 is 2.12 bits per heavy atom. The second-order valence-electron chi connectivity index (χ2n) is 7.19. The van der Waals surface area contributed by atoms with Gasteiger partial charge in [0.1, 0.15) is 11.4 Å². The van der Waals surface area contributed by atoms with Crippen LogP contribution in [-0.2, 0) is 11.3 Å². The van der Waals surface area contributed by atoms with Gasteiger partial charge in [-0.3, -0.25) is 9.67 Å². The van der Waals surface area contributed by atoms with Crippen molar-refractivity contribution in [3.63, 3.8) is 0 Å². The summed E-state index contributed by atoms with van der Waals surface area (Å²) in [5.74, 6) is 7.51. The molecule has 26 heavy (non-hydrogen) atoms. The Morgan fingerprint density at radius 3 is 2.96 bits per heavy atom. The second-order valence-corrected chi connectivity index (χ2v) is 7.59. The zero-order valence-corrected chi connectivity index (χ0v) is 15.6. The van der Waals surface area contributed by atoms with Crippen molar-refractivity contribution in [3.05, 3.63) is 29.0 Å². The average molecular weight is 371 g/mol. The van der Waals surface area contributed by atoms with Gasteiger partial charge in [-0.15, -0.1) is 5.10 Å². The van der Waals surface area contributed by atoms with E-state index in [-0.39, 0.29) is 0 Å². The third-order valence-corrected chi connectivity index (χ3v) is 5.18. The van der Waals surface area contributed by atoms with Crippen molar-refractivity contribution in [1.82, 2.24) is 20.0 Å². The van der Waals surface area contributed by atoms with Gasteiger partial charge in [0.2, 0.25) is 0 Å². The maximum atomic E-state index is 6.41. The fraction of sp³-hybridized carbons (Fsp3) is 0.550. The monoisotopic (exact) mass is 370 g/mol. The molecular formula is C20H23ClN4O. The lowest BCUT2D eigenvalue weighted by molar-refractivity contribution is 0.0958. The van der Waals surface area contributed by atoms with Gasteiger partial charge in [-0.2, -0.15) is 0 Å². The first-order valence-electron chi connectivity index (χ1n) is 9.43. The van der Waals surface area contributed by atoms with E-state index in [1.165, 1.54) is 25.7 Å². The van der Waals surface area contributed by atoms with Crippen LogP contribution in [0.4, 0.5) is 0 Å². The number of hydrogen-bond donors (Lipinski definition) is 0. The molecule has 1 aliphatic heterocycles. The molecule has 2 aromatic heterocycles. The van der Waals surface area contributed by atoms with Crippen LogP contribution in [0.5, 0.6) is 0 Å². The average Bonchev–Trinajstić information content (AvgIpc) is 3.33. The summed E-state index contributed by atoms with van der Waals surface area (Å²) in [6, 6.07) is 1.87. The van der Waals surface area contributed by atoms with Crippen molar-refractivity contribution in [2.45, 2.75) is 45.1 Å². The van der Waals surface area contributed by atoms with E-state index in [1.54, 1.807) is 6.20 Å². The highest BCUT2D eigenvalue weighted by atomic mass is 35.5. The van der Waals surface area contributed by atoms with Crippen molar-refractivity contribution in [2.24, 2.45) is 11.8 Å². The molecule has 2 aliphatic rings. The molecule has 0 radical (unpaired) electrons. The lowest BCUT2D eigenvalue weighted by Crippen LogP contribution is -2.16. The van der Waals surface area contributed by atoms with Gasteiger partial charge in [-0.25, -0.2) is 0 Å². The molecule has 0 bridgehead atoms. The summed E-state index contributed by atoms with van der Waals surface area (Å²) >= 11 is 6.41. The van der Waals surface area contributed by atoms with Crippen molar-refractivity contribution in [3.8, 4) is 23.2 Å². The maximum Gasteiger partial charge on any atom is 0.132 e. The lowest BCUT2D eigenvalue weighted by Gasteiger charge is -2.19. The van der Waals surface area contributed by atoms with Gasteiger partial charge in [0.15, 0.2) is 0 Å². The van der Waals surface area contributed by atoms with Gasteiger partial charge in [-0.1, -0.05) is 35.1 Å². The van der Waals surface area contributed by atoms with Gasteiger partial charge >= 0.3 is 0 Å². The molecule has 6 heteroatoms. The molecule has 0 amide bonds. The molecule has 0 spiro atoms. The Labute approximate surface area is 159 Å². The van der Waals surface area contributed by atoms with E-state index in [4.69, 9.17) is 16.3 Å². The molecule has 3 heterocycles. The number of ether oxygens (including phenoxy) is 1.